The molecular formula is C40H51F2N7O4S. The van der Waals surface area contributed by atoms with Crippen LogP contribution in [0.25, 0.3) is 22.3 Å². The lowest BCUT2D eigenvalue weighted by Gasteiger charge is -2.42. The number of nitrogens with zero attached hydrogens (tertiary/aromatic N) is 6. The van der Waals surface area contributed by atoms with Crippen LogP contribution < -0.4 is 15.4 Å². The topological polar surface area (TPSA) is 133 Å². The van der Waals surface area contributed by atoms with Gasteiger partial charge in [0.1, 0.15) is 28.2 Å². The number of nitrogen functional groups attached to an aromatic ring is 1. The summed E-state index contributed by atoms with van der Waals surface area (Å²) >= 11 is 0.990. The Kier molecular flexibility index (Phi) is 11.6. The number of allylic oxidation sites excluding steroid dienone is 2. The smallest absolute Gasteiger partial charge is 0.319 e. The number of aliphatic hydroxyl groups is 1. The molecule has 7 rings (SSSR count). The largest absolute Gasteiger partial charge is 0.463 e. The van der Waals surface area contributed by atoms with Crippen LogP contribution in [-0.2, 0) is 22.7 Å². The standard InChI is InChI=1S/C40H51F2N7O4S/c1-6-23(4)31(33-27(14-43)38(44)54-37(33)30(41)7-2)32-28-20-52-21-29(28)34-36(35(32)42)45-40(53-19-22(3)15-47-10-12-51-13-11-47)46-39(34)49-25-8-9-26(49)18-48(17-25)16-24(5)50/h7,22,24-26,50H,6,8-13,15-21,44H2,1-5H3/b30-7+,31-23+. The molecule has 0 aliphatic carbocycles. The zero-order valence-electron chi connectivity index (χ0n) is 31.9. The number of halogens is 2. The first kappa shape index (κ1) is 38.6. The summed E-state index contributed by atoms with van der Waals surface area (Å²) in [6.07, 6.45) is 3.29. The van der Waals surface area contributed by atoms with Crippen LogP contribution in [0.1, 0.15) is 86.6 Å². The van der Waals surface area contributed by atoms with E-state index in [0.29, 0.717) is 55.1 Å². The number of aromatic nitrogens is 2. The molecule has 0 radical (unpaired) electrons. The van der Waals surface area contributed by atoms with Gasteiger partial charge in [-0.3, -0.25) is 9.80 Å². The van der Waals surface area contributed by atoms with Crippen LogP contribution in [0.4, 0.5) is 19.6 Å². The zero-order valence-corrected chi connectivity index (χ0v) is 32.7. The molecule has 0 spiro atoms. The number of hydrogen-bond acceptors (Lipinski definition) is 12. The fraction of sp³-hybridized carbons (Fsp3) is 0.575. The van der Waals surface area contributed by atoms with Gasteiger partial charge in [0.2, 0.25) is 0 Å². The van der Waals surface area contributed by atoms with E-state index in [4.69, 9.17) is 29.9 Å². The second-order valence-corrected chi connectivity index (χ2v) is 16.2. The van der Waals surface area contributed by atoms with E-state index < -0.39 is 17.7 Å². The number of morpholine rings is 1. The van der Waals surface area contributed by atoms with E-state index in [1.807, 2.05) is 20.8 Å². The molecule has 3 aromatic rings. The molecule has 4 aliphatic rings. The molecule has 11 nitrogen and oxygen atoms in total. The molecule has 3 saturated heterocycles. The van der Waals surface area contributed by atoms with E-state index in [9.17, 15) is 10.4 Å². The quantitative estimate of drug-likeness (QED) is 0.217. The molecule has 54 heavy (non-hydrogen) atoms. The van der Waals surface area contributed by atoms with Crippen molar-refractivity contribution in [3.8, 4) is 12.1 Å². The highest BCUT2D eigenvalue weighted by molar-refractivity contribution is 7.17. The lowest BCUT2D eigenvalue weighted by Crippen LogP contribution is -2.55. The molecular weight excluding hydrogens is 713 g/mol. The number of nitriles is 1. The van der Waals surface area contributed by atoms with E-state index in [1.54, 1.807) is 6.92 Å². The first-order valence-corrected chi connectivity index (χ1v) is 19.9. The number of nitrogens with two attached hydrogens (primary N) is 1. The maximum absolute atomic E-state index is 17.9. The molecule has 3 N–H and O–H groups in total. The summed E-state index contributed by atoms with van der Waals surface area (Å²) < 4.78 is 51.6. The third-order valence-corrected chi connectivity index (χ3v) is 12.3. The van der Waals surface area contributed by atoms with Gasteiger partial charge in [-0.25, -0.2) is 8.78 Å². The van der Waals surface area contributed by atoms with Gasteiger partial charge in [0.15, 0.2) is 5.82 Å². The Morgan fingerprint density at radius 3 is 2.44 bits per heavy atom. The SMILES string of the molecule is C/C=C(/F)c1sc(N)c(C#N)c1/C(=C(\C)CC)c1c2c(c3c(N4C5CCC4CN(CC(C)O)C5)nc(OCC(C)CN4CCOCC4)nc3c1F)COC2. The summed E-state index contributed by atoms with van der Waals surface area (Å²) in [5, 5.41) is 21.3. The van der Waals surface area contributed by atoms with Gasteiger partial charge in [-0.2, -0.15) is 15.2 Å². The van der Waals surface area contributed by atoms with Gasteiger partial charge in [-0.1, -0.05) is 25.5 Å². The number of ether oxygens (including phenoxy) is 3. The van der Waals surface area contributed by atoms with Crippen LogP contribution in [0.15, 0.2) is 11.6 Å². The monoisotopic (exact) mass is 763 g/mol. The summed E-state index contributed by atoms with van der Waals surface area (Å²) in [6.45, 7) is 16.1. The molecule has 0 amide bonds. The van der Waals surface area contributed by atoms with Crippen molar-refractivity contribution < 1.29 is 28.1 Å². The summed E-state index contributed by atoms with van der Waals surface area (Å²) in [5.74, 6) is -0.346. The van der Waals surface area contributed by atoms with Crippen LogP contribution in [0, 0.1) is 23.1 Å². The Balaban J connectivity index is 1.41. The van der Waals surface area contributed by atoms with E-state index in [-0.39, 0.29) is 69.3 Å². The third kappa shape index (κ3) is 7.22. The number of fused-ring (bicyclic) bond motifs is 5. The average molecular weight is 764 g/mol. The molecule has 4 unspecified atom stereocenters. The van der Waals surface area contributed by atoms with E-state index in [2.05, 4.69) is 27.7 Å². The van der Waals surface area contributed by atoms with E-state index in [0.717, 1.165) is 68.0 Å². The molecule has 1 aromatic carbocycles. The highest BCUT2D eigenvalue weighted by Crippen LogP contribution is 2.49. The molecule has 3 fully saturated rings. The second kappa shape index (κ2) is 16.2. The second-order valence-electron chi connectivity index (χ2n) is 15.2. The zero-order chi connectivity index (χ0) is 38.3. The third-order valence-electron chi connectivity index (χ3n) is 11.2. The molecule has 6 heterocycles. The lowest BCUT2D eigenvalue weighted by molar-refractivity contribution is 0.0280. The Hall–Kier alpha value is -3.71. The van der Waals surface area contributed by atoms with E-state index >= 15 is 8.78 Å². The van der Waals surface area contributed by atoms with Crippen molar-refractivity contribution in [2.24, 2.45) is 5.92 Å². The summed E-state index contributed by atoms with van der Waals surface area (Å²) in [6, 6.07) is 2.49. The van der Waals surface area contributed by atoms with Gasteiger partial charge in [0, 0.05) is 68.4 Å². The predicted octanol–water partition coefficient (Wildman–Crippen LogP) is 6.26. The van der Waals surface area contributed by atoms with E-state index in [1.165, 1.54) is 6.08 Å². The number of rotatable bonds is 12. The lowest BCUT2D eigenvalue weighted by atomic mass is 9.84. The Labute approximate surface area is 320 Å². The highest BCUT2D eigenvalue weighted by atomic mass is 32.1. The Morgan fingerprint density at radius 1 is 1.09 bits per heavy atom. The molecule has 0 saturated carbocycles. The minimum absolute atomic E-state index is 0.0942. The van der Waals surface area contributed by atoms with Gasteiger partial charge in [-0.15, -0.1) is 11.3 Å². The minimum Gasteiger partial charge on any atom is -0.463 e. The highest BCUT2D eigenvalue weighted by Gasteiger charge is 2.43. The molecule has 2 bridgehead atoms. The molecule has 290 valence electrons. The van der Waals surface area contributed by atoms with Crippen molar-refractivity contribution in [3.63, 3.8) is 0 Å². The molecule has 4 aliphatic heterocycles. The first-order chi connectivity index (χ1) is 26.0. The number of likely N-dealkylation sites (tertiary alicyclic amines) is 1. The number of aliphatic hydroxyl groups excluding tert-OH is 1. The van der Waals surface area contributed by atoms with Crippen LogP contribution in [0.5, 0.6) is 6.01 Å². The van der Waals surface area contributed by atoms with Crippen molar-refractivity contribution in [3.05, 3.63) is 50.2 Å². The molecule has 2 aromatic heterocycles. The average Bonchev–Trinajstić information content (AvgIpc) is 3.85. The van der Waals surface area contributed by atoms with Gasteiger partial charge < -0.3 is 30.0 Å². The van der Waals surface area contributed by atoms with Crippen molar-refractivity contribution in [1.29, 1.82) is 5.26 Å². The summed E-state index contributed by atoms with van der Waals surface area (Å²) in [7, 11) is 0. The van der Waals surface area contributed by atoms with Crippen molar-refractivity contribution in [2.45, 2.75) is 85.3 Å². The fourth-order valence-corrected chi connectivity index (χ4v) is 9.67. The van der Waals surface area contributed by atoms with Crippen LogP contribution in [-0.4, -0.2) is 102 Å². The van der Waals surface area contributed by atoms with Gasteiger partial charge >= 0.3 is 6.01 Å². The number of anilines is 2. The van der Waals surface area contributed by atoms with Crippen LogP contribution in [0.3, 0.4) is 0 Å². The van der Waals surface area contributed by atoms with Crippen molar-refractivity contribution >= 4 is 44.5 Å². The Morgan fingerprint density at radius 2 is 1.80 bits per heavy atom. The van der Waals surface area contributed by atoms with Gasteiger partial charge in [0.05, 0.1) is 55.0 Å². The van der Waals surface area contributed by atoms with Crippen LogP contribution in [0.2, 0.25) is 0 Å². The number of piperazine rings is 1. The minimum atomic E-state index is -0.590. The Bertz CT molecular complexity index is 1990. The predicted molar refractivity (Wildman–Crippen MR) is 208 cm³/mol. The number of benzene rings is 1. The number of hydrogen-bond donors (Lipinski definition) is 2. The molecule has 14 heteroatoms. The maximum atomic E-state index is 17.9. The summed E-state index contributed by atoms with van der Waals surface area (Å²) in [5.41, 5.74) is 9.74. The maximum Gasteiger partial charge on any atom is 0.319 e. The van der Waals surface area contributed by atoms with Gasteiger partial charge in [0.25, 0.3) is 0 Å². The summed E-state index contributed by atoms with van der Waals surface area (Å²) in [4.78, 5) is 17.1. The fourth-order valence-electron chi connectivity index (χ4n) is 8.68. The van der Waals surface area contributed by atoms with Gasteiger partial charge in [-0.05, 0) is 56.7 Å². The number of β-amino-alcohol motifs (C(OH)–C–C–N with tert-alkyl or cyclic N) is 1. The number of thiophene rings is 1. The normalized spacial score (nSPS) is 22.4. The molecule has 4 atom stereocenters. The van der Waals surface area contributed by atoms with Crippen molar-refractivity contribution in [2.75, 3.05) is 69.7 Å². The van der Waals surface area contributed by atoms with Crippen molar-refractivity contribution in [1.82, 2.24) is 19.8 Å². The first-order valence-electron chi connectivity index (χ1n) is 19.1. The van der Waals surface area contributed by atoms with Crippen LogP contribution >= 0.6 is 11.3 Å².